The van der Waals surface area contributed by atoms with Gasteiger partial charge in [0, 0.05) is 18.8 Å². The molecular weight excluding hydrogens is 416 g/mol. The predicted octanol–water partition coefficient (Wildman–Crippen LogP) is 4.28. The summed E-state index contributed by atoms with van der Waals surface area (Å²) in [5, 5.41) is 2.93. The zero-order valence-corrected chi connectivity index (χ0v) is 18.0. The third-order valence-corrected chi connectivity index (χ3v) is 5.62. The Kier molecular flexibility index (Phi) is 7.50. The SMILES string of the molecule is CCOC(=O)c1c(NC(=O)c2cccnc2)sc(C(=O)OCCc2ccccc2)c1C. The van der Waals surface area contributed by atoms with Crippen molar-refractivity contribution in [2.75, 3.05) is 18.5 Å². The summed E-state index contributed by atoms with van der Waals surface area (Å²) in [6, 6.07) is 12.9. The first-order valence-corrected chi connectivity index (χ1v) is 10.6. The molecule has 0 aliphatic heterocycles. The number of pyridine rings is 1. The highest BCUT2D eigenvalue weighted by Crippen LogP contribution is 2.34. The molecule has 0 fully saturated rings. The first-order chi connectivity index (χ1) is 15.0. The molecule has 0 atom stereocenters. The van der Waals surface area contributed by atoms with Crippen LogP contribution in [0.3, 0.4) is 0 Å². The van der Waals surface area contributed by atoms with Crippen molar-refractivity contribution < 1.29 is 23.9 Å². The average molecular weight is 439 g/mol. The van der Waals surface area contributed by atoms with Crippen molar-refractivity contribution in [3.8, 4) is 0 Å². The lowest BCUT2D eigenvalue weighted by Gasteiger charge is -2.07. The van der Waals surface area contributed by atoms with Crippen LogP contribution < -0.4 is 5.32 Å². The Morgan fingerprint density at radius 1 is 1.03 bits per heavy atom. The Labute approximate surface area is 184 Å². The Balaban J connectivity index is 1.80. The summed E-state index contributed by atoms with van der Waals surface area (Å²) >= 11 is 0.990. The standard InChI is InChI=1S/C23H22N2O5S/c1-3-29-22(27)18-15(2)19(23(28)30-13-11-16-8-5-4-6-9-16)31-21(18)25-20(26)17-10-7-12-24-14-17/h4-10,12,14H,3,11,13H2,1-2H3,(H,25,26). The highest BCUT2D eigenvalue weighted by atomic mass is 32.1. The highest BCUT2D eigenvalue weighted by molar-refractivity contribution is 7.18. The number of rotatable bonds is 8. The number of esters is 2. The molecule has 3 aromatic rings. The molecule has 0 saturated heterocycles. The van der Waals surface area contributed by atoms with Crippen LogP contribution in [0.2, 0.25) is 0 Å². The van der Waals surface area contributed by atoms with Crippen molar-refractivity contribution in [1.82, 2.24) is 4.98 Å². The Morgan fingerprint density at radius 3 is 2.48 bits per heavy atom. The van der Waals surface area contributed by atoms with Gasteiger partial charge in [0.05, 0.1) is 24.3 Å². The number of nitrogens with one attached hydrogen (secondary N) is 1. The highest BCUT2D eigenvalue weighted by Gasteiger charge is 2.27. The summed E-state index contributed by atoms with van der Waals surface area (Å²) < 4.78 is 10.5. The number of hydrogen-bond donors (Lipinski definition) is 1. The first-order valence-electron chi connectivity index (χ1n) is 9.74. The van der Waals surface area contributed by atoms with E-state index in [-0.39, 0.29) is 28.7 Å². The third kappa shape index (κ3) is 5.55. The molecule has 0 radical (unpaired) electrons. The number of thiophene rings is 1. The van der Waals surface area contributed by atoms with E-state index in [2.05, 4.69) is 10.3 Å². The van der Waals surface area contributed by atoms with Gasteiger partial charge in [0.2, 0.25) is 0 Å². The molecule has 2 aromatic heterocycles. The van der Waals surface area contributed by atoms with Crippen LogP contribution in [0.1, 0.15) is 48.4 Å². The average Bonchev–Trinajstić information content (AvgIpc) is 3.11. The molecule has 0 bridgehead atoms. The zero-order chi connectivity index (χ0) is 22.2. The maximum atomic E-state index is 12.7. The number of ether oxygens (including phenoxy) is 2. The lowest BCUT2D eigenvalue weighted by atomic mass is 10.1. The largest absolute Gasteiger partial charge is 0.462 e. The quantitative estimate of drug-likeness (QED) is 0.528. The fourth-order valence-electron chi connectivity index (χ4n) is 2.89. The molecule has 7 nitrogen and oxygen atoms in total. The Bertz CT molecular complexity index is 1060. The van der Waals surface area contributed by atoms with Crippen LogP contribution in [-0.2, 0) is 15.9 Å². The van der Waals surface area contributed by atoms with Crippen LogP contribution in [0.25, 0.3) is 0 Å². The molecule has 8 heteroatoms. The van der Waals surface area contributed by atoms with Crippen LogP contribution in [0.15, 0.2) is 54.9 Å². The normalized spacial score (nSPS) is 10.4. The number of amides is 1. The second-order valence-corrected chi connectivity index (χ2v) is 7.57. The van der Waals surface area contributed by atoms with Gasteiger partial charge in [-0.05, 0) is 37.1 Å². The number of carbonyl (C=O) groups excluding carboxylic acids is 3. The van der Waals surface area contributed by atoms with E-state index in [0.29, 0.717) is 17.5 Å². The molecule has 0 saturated carbocycles. The molecule has 0 aliphatic carbocycles. The van der Waals surface area contributed by atoms with Crippen LogP contribution in [0.5, 0.6) is 0 Å². The Morgan fingerprint density at radius 2 is 1.81 bits per heavy atom. The van der Waals surface area contributed by atoms with E-state index in [1.165, 1.54) is 6.20 Å². The molecule has 0 aliphatic rings. The fraction of sp³-hybridized carbons (Fsp3) is 0.217. The minimum Gasteiger partial charge on any atom is -0.462 e. The number of nitrogens with zero attached hydrogens (tertiary/aromatic N) is 1. The maximum absolute atomic E-state index is 12.7. The number of anilines is 1. The van der Waals surface area contributed by atoms with Crippen molar-refractivity contribution in [3.63, 3.8) is 0 Å². The molecule has 2 heterocycles. The van der Waals surface area contributed by atoms with Gasteiger partial charge < -0.3 is 14.8 Å². The lowest BCUT2D eigenvalue weighted by Crippen LogP contribution is -2.15. The summed E-state index contributed by atoms with van der Waals surface area (Å²) in [6.07, 6.45) is 3.55. The van der Waals surface area contributed by atoms with Crippen molar-refractivity contribution in [2.45, 2.75) is 20.3 Å². The second kappa shape index (κ2) is 10.5. The van der Waals surface area contributed by atoms with Crippen molar-refractivity contribution in [3.05, 3.63) is 82.0 Å². The lowest BCUT2D eigenvalue weighted by molar-refractivity contribution is 0.0514. The van der Waals surface area contributed by atoms with Gasteiger partial charge in [-0.15, -0.1) is 11.3 Å². The van der Waals surface area contributed by atoms with E-state index in [9.17, 15) is 14.4 Å². The van der Waals surface area contributed by atoms with E-state index in [0.717, 1.165) is 16.9 Å². The predicted molar refractivity (Wildman–Crippen MR) is 118 cm³/mol. The molecule has 0 spiro atoms. The maximum Gasteiger partial charge on any atom is 0.348 e. The van der Waals surface area contributed by atoms with Crippen LogP contribution in [0, 0.1) is 6.92 Å². The molecule has 160 valence electrons. The number of benzene rings is 1. The molecule has 31 heavy (non-hydrogen) atoms. The van der Waals surface area contributed by atoms with Gasteiger partial charge in [-0.25, -0.2) is 9.59 Å². The van der Waals surface area contributed by atoms with Gasteiger partial charge in [0.15, 0.2) is 0 Å². The van der Waals surface area contributed by atoms with Gasteiger partial charge in [0.25, 0.3) is 5.91 Å². The summed E-state index contributed by atoms with van der Waals surface area (Å²) in [5.41, 5.74) is 1.94. The van der Waals surface area contributed by atoms with Gasteiger partial charge in [-0.3, -0.25) is 9.78 Å². The molecule has 3 rings (SSSR count). The van der Waals surface area contributed by atoms with E-state index in [1.807, 2.05) is 30.3 Å². The summed E-state index contributed by atoms with van der Waals surface area (Å²) in [4.78, 5) is 41.9. The second-order valence-electron chi connectivity index (χ2n) is 6.55. The summed E-state index contributed by atoms with van der Waals surface area (Å²) in [5.74, 6) is -1.60. The minimum absolute atomic E-state index is 0.152. The van der Waals surface area contributed by atoms with Gasteiger partial charge >= 0.3 is 11.9 Å². The molecular formula is C23H22N2O5S. The van der Waals surface area contributed by atoms with Gasteiger partial charge in [0.1, 0.15) is 9.88 Å². The van der Waals surface area contributed by atoms with E-state index in [4.69, 9.17) is 9.47 Å². The first kappa shape index (κ1) is 22.2. The van der Waals surface area contributed by atoms with E-state index in [1.54, 1.807) is 32.2 Å². The number of hydrogen-bond acceptors (Lipinski definition) is 7. The molecule has 0 unspecified atom stereocenters. The Hall–Kier alpha value is -3.52. The van der Waals surface area contributed by atoms with Crippen molar-refractivity contribution in [2.24, 2.45) is 0 Å². The topological polar surface area (TPSA) is 94.6 Å². The smallest absolute Gasteiger partial charge is 0.348 e. The fourth-order valence-corrected chi connectivity index (χ4v) is 3.97. The molecule has 1 aromatic carbocycles. The van der Waals surface area contributed by atoms with Crippen molar-refractivity contribution >= 4 is 34.2 Å². The minimum atomic E-state index is -0.610. The van der Waals surface area contributed by atoms with Gasteiger partial charge in [-0.1, -0.05) is 30.3 Å². The number of aromatic nitrogens is 1. The summed E-state index contributed by atoms with van der Waals surface area (Å²) in [7, 11) is 0. The monoisotopic (exact) mass is 438 g/mol. The van der Waals surface area contributed by atoms with Crippen molar-refractivity contribution in [1.29, 1.82) is 0 Å². The van der Waals surface area contributed by atoms with Crippen LogP contribution in [0.4, 0.5) is 5.00 Å². The van der Waals surface area contributed by atoms with E-state index >= 15 is 0 Å². The molecule has 1 N–H and O–H groups in total. The third-order valence-electron chi connectivity index (χ3n) is 4.43. The van der Waals surface area contributed by atoms with Crippen LogP contribution in [-0.4, -0.2) is 36.0 Å². The van der Waals surface area contributed by atoms with E-state index < -0.39 is 17.8 Å². The zero-order valence-electron chi connectivity index (χ0n) is 17.2. The van der Waals surface area contributed by atoms with Crippen LogP contribution >= 0.6 is 11.3 Å². The van der Waals surface area contributed by atoms with Gasteiger partial charge in [-0.2, -0.15) is 0 Å². The molecule has 1 amide bonds. The summed E-state index contributed by atoms with van der Waals surface area (Å²) in [6.45, 7) is 3.69. The number of carbonyl (C=O) groups is 3.